The van der Waals surface area contributed by atoms with E-state index < -0.39 is 0 Å². The zero-order chi connectivity index (χ0) is 12.6. The molecule has 0 amide bonds. The second-order valence-corrected chi connectivity index (χ2v) is 3.88. The summed E-state index contributed by atoms with van der Waals surface area (Å²) in [7, 11) is 0. The molecule has 2 aromatic heterocycles. The van der Waals surface area contributed by atoms with E-state index in [0.717, 1.165) is 17.0 Å². The molecule has 6 heteroatoms. The predicted octanol–water partition coefficient (Wildman–Crippen LogP) is 0.872. The molecular formula is C11H14N6. The van der Waals surface area contributed by atoms with Gasteiger partial charge in [0.1, 0.15) is 11.5 Å². The van der Waals surface area contributed by atoms with Gasteiger partial charge in [0.25, 0.3) is 0 Å². The second-order valence-electron chi connectivity index (χ2n) is 3.88. The number of nitrogen functional groups attached to an aromatic ring is 1. The SMILES string of the molecule is Cc1nn(-c2cnc(C(=N)N)cn2)c(C)c1C. The van der Waals surface area contributed by atoms with Crippen molar-refractivity contribution in [1.29, 1.82) is 5.41 Å². The summed E-state index contributed by atoms with van der Waals surface area (Å²) < 4.78 is 1.74. The minimum absolute atomic E-state index is 0.0893. The highest BCUT2D eigenvalue weighted by Crippen LogP contribution is 2.14. The quantitative estimate of drug-likeness (QED) is 0.591. The Hall–Kier alpha value is -2.24. The average molecular weight is 230 g/mol. The van der Waals surface area contributed by atoms with Crippen LogP contribution in [-0.4, -0.2) is 25.6 Å². The Morgan fingerprint density at radius 2 is 1.94 bits per heavy atom. The van der Waals surface area contributed by atoms with Crippen LogP contribution in [0.4, 0.5) is 0 Å². The van der Waals surface area contributed by atoms with Gasteiger partial charge < -0.3 is 5.73 Å². The first-order valence-electron chi connectivity index (χ1n) is 5.20. The zero-order valence-electron chi connectivity index (χ0n) is 10.0. The maximum atomic E-state index is 7.24. The average Bonchev–Trinajstić information content (AvgIpc) is 2.57. The Bertz CT molecular complexity index is 566. The lowest BCUT2D eigenvalue weighted by molar-refractivity contribution is 0.798. The van der Waals surface area contributed by atoms with E-state index in [1.807, 2.05) is 20.8 Å². The third-order valence-electron chi connectivity index (χ3n) is 2.78. The Morgan fingerprint density at radius 3 is 2.35 bits per heavy atom. The van der Waals surface area contributed by atoms with Gasteiger partial charge in [-0.15, -0.1) is 0 Å². The van der Waals surface area contributed by atoms with Crippen LogP contribution < -0.4 is 5.73 Å². The Labute approximate surface area is 99.0 Å². The molecule has 3 N–H and O–H groups in total. The number of nitrogens with two attached hydrogens (primary N) is 1. The molecule has 17 heavy (non-hydrogen) atoms. The minimum atomic E-state index is -0.0893. The molecule has 2 rings (SSSR count). The zero-order valence-corrected chi connectivity index (χ0v) is 10.0. The van der Waals surface area contributed by atoms with Crippen molar-refractivity contribution in [3.05, 3.63) is 35.0 Å². The van der Waals surface area contributed by atoms with Crippen LogP contribution in [0.5, 0.6) is 0 Å². The second kappa shape index (κ2) is 3.97. The number of rotatable bonds is 2. The molecule has 2 heterocycles. The van der Waals surface area contributed by atoms with Crippen LogP contribution in [0.1, 0.15) is 22.6 Å². The highest BCUT2D eigenvalue weighted by atomic mass is 15.3. The molecule has 0 aliphatic rings. The third-order valence-corrected chi connectivity index (χ3v) is 2.78. The summed E-state index contributed by atoms with van der Waals surface area (Å²) in [5.41, 5.74) is 8.83. The molecule has 0 bridgehead atoms. The van der Waals surface area contributed by atoms with Gasteiger partial charge in [0.15, 0.2) is 5.82 Å². The molecule has 0 atom stereocenters. The Morgan fingerprint density at radius 1 is 1.24 bits per heavy atom. The van der Waals surface area contributed by atoms with E-state index in [4.69, 9.17) is 11.1 Å². The normalized spacial score (nSPS) is 10.5. The molecule has 0 aliphatic carbocycles. The summed E-state index contributed by atoms with van der Waals surface area (Å²) >= 11 is 0. The molecule has 0 fully saturated rings. The van der Waals surface area contributed by atoms with Crippen molar-refractivity contribution >= 4 is 5.84 Å². The molecule has 0 aromatic carbocycles. The fourth-order valence-corrected chi connectivity index (χ4v) is 1.51. The maximum Gasteiger partial charge on any atom is 0.172 e. The third kappa shape index (κ3) is 1.89. The lowest BCUT2D eigenvalue weighted by atomic mass is 10.2. The number of nitrogens with zero attached hydrogens (tertiary/aromatic N) is 4. The summed E-state index contributed by atoms with van der Waals surface area (Å²) in [4.78, 5) is 8.26. The number of hydrogen-bond acceptors (Lipinski definition) is 4. The fourth-order valence-electron chi connectivity index (χ4n) is 1.51. The van der Waals surface area contributed by atoms with Crippen LogP contribution in [0.15, 0.2) is 12.4 Å². The van der Waals surface area contributed by atoms with Gasteiger partial charge in [0, 0.05) is 5.69 Å². The van der Waals surface area contributed by atoms with E-state index in [0.29, 0.717) is 11.5 Å². The molecular weight excluding hydrogens is 216 g/mol. The van der Waals surface area contributed by atoms with Crippen molar-refractivity contribution in [1.82, 2.24) is 19.7 Å². The molecule has 88 valence electrons. The minimum Gasteiger partial charge on any atom is -0.382 e. The van der Waals surface area contributed by atoms with E-state index in [9.17, 15) is 0 Å². The molecule has 0 aliphatic heterocycles. The van der Waals surface area contributed by atoms with Crippen LogP contribution in [0.3, 0.4) is 0 Å². The number of aryl methyl sites for hydroxylation is 1. The molecule has 0 spiro atoms. The van der Waals surface area contributed by atoms with Crippen molar-refractivity contribution < 1.29 is 0 Å². The summed E-state index contributed by atoms with van der Waals surface area (Å²) in [6.45, 7) is 5.96. The van der Waals surface area contributed by atoms with Crippen LogP contribution in [0, 0.1) is 26.2 Å². The summed E-state index contributed by atoms with van der Waals surface area (Å²) in [5, 5.41) is 11.6. The monoisotopic (exact) mass is 230 g/mol. The lowest BCUT2D eigenvalue weighted by Gasteiger charge is -2.03. The van der Waals surface area contributed by atoms with E-state index in [1.54, 1.807) is 10.9 Å². The first-order valence-corrected chi connectivity index (χ1v) is 5.20. The van der Waals surface area contributed by atoms with E-state index in [2.05, 4.69) is 15.1 Å². The highest BCUT2D eigenvalue weighted by Gasteiger charge is 2.10. The number of nitrogens with one attached hydrogen (secondary N) is 1. The van der Waals surface area contributed by atoms with E-state index in [-0.39, 0.29) is 5.84 Å². The smallest absolute Gasteiger partial charge is 0.172 e. The first-order chi connectivity index (χ1) is 8.00. The van der Waals surface area contributed by atoms with Gasteiger partial charge in [-0.1, -0.05) is 0 Å². The van der Waals surface area contributed by atoms with Crippen molar-refractivity contribution in [2.75, 3.05) is 0 Å². The van der Waals surface area contributed by atoms with Gasteiger partial charge in [-0.25, -0.2) is 14.6 Å². The number of hydrogen-bond donors (Lipinski definition) is 2. The number of aromatic nitrogens is 4. The van der Waals surface area contributed by atoms with Crippen LogP contribution >= 0.6 is 0 Å². The maximum absolute atomic E-state index is 7.24. The van der Waals surface area contributed by atoms with Gasteiger partial charge >= 0.3 is 0 Å². The Balaban J connectivity index is 2.47. The molecule has 0 saturated carbocycles. The van der Waals surface area contributed by atoms with Crippen LogP contribution in [0.25, 0.3) is 5.82 Å². The lowest BCUT2D eigenvalue weighted by Crippen LogP contribution is -2.14. The van der Waals surface area contributed by atoms with Gasteiger partial charge in [0.05, 0.1) is 18.1 Å². The van der Waals surface area contributed by atoms with Crippen molar-refractivity contribution in [2.45, 2.75) is 20.8 Å². The van der Waals surface area contributed by atoms with Gasteiger partial charge in [-0.3, -0.25) is 5.41 Å². The summed E-state index contributed by atoms with van der Waals surface area (Å²) in [5.74, 6) is 0.539. The highest BCUT2D eigenvalue weighted by molar-refractivity contribution is 5.92. The predicted molar refractivity (Wildman–Crippen MR) is 64.4 cm³/mol. The van der Waals surface area contributed by atoms with Crippen molar-refractivity contribution in [3.63, 3.8) is 0 Å². The molecule has 6 nitrogen and oxygen atoms in total. The Kier molecular flexibility index (Phi) is 2.63. The molecule has 0 radical (unpaired) electrons. The topological polar surface area (TPSA) is 93.5 Å². The summed E-state index contributed by atoms with van der Waals surface area (Å²) in [6, 6.07) is 0. The largest absolute Gasteiger partial charge is 0.382 e. The standard InChI is InChI=1S/C11H14N6/c1-6-7(2)16-17(8(6)3)10-5-14-9(4-15-10)11(12)13/h4-5H,1-3H3,(H3,12,13). The molecule has 2 aromatic rings. The fraction of sp³-hybridized carbons (Fsp3) is 0.273. The van der Waals surface area contributed by atoms with Gasteiger partial charge in [-0.05, 0) is 26.3 Å². The van der Waals surface area contributed by atoms with Crippen molar-refractivity contribution in [3.8, 4) is 5.82 Å². The first kappa shape index (κ1) is 11.3. The van der Waals surface area contributed by atoms with Crippen LogP contribution in [-0.2, 0) is 0 Å². The van der Waals surface area contributed by atoms with Gasteiger partial charge in [-0.2, -0.15) is 5.10 Å². The molecule has 0 saturated heterocycles. The van der Waals surface area contributed by atoms with E-state index >= 15 is 0 Å². The van der Waals surface area contributed by atoms with Gasteiger partial charge in [0.2, 0.25) is 0 Å². The van der Waals surface area contributed by atoms with Crippen LogP contribution in [0.2, 0.25) is 0 Å². The molecule has 0 unspecified atom stereocenters. The summed E-state index contributed by atoms with van der Waals surface area (Å²) in [6.07, 6.45) is 3.04. The van der Waals surface area contributed by atoms with E-state index in [1.165, 1.54) is 6.20 Å². The van der Waals surface area contributed by atoms with Crippen molar-refractivity contribution in [2.24, 2.45) is 5.73 Å². The number of amidine groups is 1.